The number of imide groups is 1. The topological polar surface area (TPSA) is 198 Å². The normalized spacial score (nSPS) is 29.1. The van der Waals surface area contributed by atoms with Crippen LogP contribution in [0.1, 0.15) is 34.3 Å². The molecule has 0 saturated carbocycles. The molecule has 0 radical (unpaired) electrons. The van der Waals surface area contributed by atoms with Crippen molar-refractivity contribution in [3.8, 4) is 0 Å². The van der Waals surface area contributed by atoms with Crippen LogP contribution in [0.15, 0.2) is 23.2 Å². The Bertz CT molecular complexity index is 1390. The van der Waals surface area contributed by atoms with E-state index in [1.807, 2.05) is 5.32 Å². The van der Waals surface area contributed by atoms with Crippen molar-refractivity contribution in [3.05, 3.63) is 34.9 Å². The molecule has 9 N–H and O–H groups in total. The number of guanidine groups is 2. The van der Waals surface area contributed by atoms with Gasteiger partial charge in [0.2, 0.25) is 23.3 Å². The van der Waals surface area contributed by atoms with E-state index in [0.29, 0.717) is 0 Å². The number of nitrogens with zero attached hydrogens (tertiary/aromatic N) is 3. The number of aliphatic imine (C=N–C) groups is 1. The number of nitrogens with two attached hydrogens (primary N) is 2. The molecule has 0 aliphatic carbocycles. The van der Waals surface area contributed by atoms with Gasteiger partial charge in [-0.3, -0.25) is 30.3 Å². The van der Waals surface area contributed by atoms with Crippen LogP contribution in [0.4, 0.5) is 26.3 Å². The van der Waals surface area contributed by atoms with Crippen molar-refractivity contribution in [2.24, 2.45) is 16.5 Å². The molecule has 3 amide bonds. The smallest absolute Gasteiger partial charge is 0.370 e. The number of benzene rings is 1. The van der Waals surface area contributed by atoms with Crippen molar-refractivity contribution in [3.63, 3.8) is 0 Å². The van der Waals surface area contributed by atoms with E-state index in [2.05, 4.69) is 15.6 Å². The van der Waals surface area contributed by atoms with Crippen LogP contribution < -0.4 is 27.4 Å². The summed E-state index contributed by atoms with van der Waals surface area (Å²) in [6.07, 6.45) is -10.4. The summed E-state index contributed by atoms with van der Waals surface area (Å²) in [5, 5.41) is 30.2. The number of rotatable bonds is 4. The number of amides is 3. The van der Waals surface area contributed by atoms with Gasteiger partial charge in [0.1, 0.15) is 18.1 Å². The predicted octanol–water partition coefficient (Wildman–Crippen LogP) is -2.05. The minimum atomic E-state index is -5.22. The first-order valence-corrected chi connectivity index (χ1v) is 12.0. The van der Waals surface area contributed by atoms with Gasteiger partial charge in [-0.25, -0.2) is 9.57 Å². The average molecular weight is 593 g/mol. The second kappa shape index (κ2) is 8.93. The first kappa shape index (κ1) is 28.4. The summed E-state index contributed by atoms with van der Waals surface area (Å²) in [4.78, 5) is 42.5. The highest BCUT2D eigenvalue weighted by atomic mass is 19.4. The third kappa shape index (κ3) is 4.30. The van der Waals surface area contributed by atoms with Gasteiger partial charge >= 0.3 is 18.3 Å². The number of nitrogens with one attached hydrogen (secondary N) is 3. The Hall–Kier alpha value is -4.13. The van der Waals surface area contributed by atoms with Gasteiger partial charge in [-0.1, -0.05) is 0 Å². The summed E-state index contributed by atoms with van der Waals surface area (Å²) >= 11 is 0. The number of hydrogen-bond acceptors (Lipinski definition) is 10. The highest BCUT2D eigenvalue weighted by Gasteiger charge is 2.75. The molecule has 222 valence electrons. The van der Waals surface area contributed by atoms with Gasteiger partial charge in [0.25, 0.3) is 5.91 Å². The quantitative estimate of drug-likeness (QED) is 0.0889. The third-order valence-corrected chi connectivity index (χ3v) is 7.60. The van der Waals surface area contributed by atoms with E-state index in [1.54, 1.807) is 0 Å². The second-order valence-electron chi connectivity index (χ2n) is 10.0. The molecule has 41 heavy (non-hydrogen) atoms. The van der Waals surface area contributed by atoms with Crippen LogP contribution in [0.5, 0.6) is 0 Å². The van der Waals surface area contributed by atoms with E-state index in [9.17, 15) is 50.9 Å². The average Bonchev–Trinajstić information content (AvgIpc) is 3.45. The summed E-state index contributed by atoms with van der Waals surface area (Å²) in [5.74, 6) is -6.39. The molecule has 5 rings (SSSR count). The van der Waals surface area contributed by atoms with Gasteiger partial charge in [-0.05, 0) is 18.2 Å². The van der Waals surface area contributed by atoms with Gasteiger partial charge in [-0.15, -0.1) is 0 Å². The maximum absolute atomic E-state index is 13.6. The highest BCUT2D eigenvalue weighted by Crippen LogP contribution is 2.42. The monoisotopic (exact) mass is 593 g/mol. The maximum atomic E-state index is 13.6. The third-order valence-electron chi connectivity index (χ3n) is 7.60. The maximum Gasteiger partial charge on any atom is 0.417 e. The van der Waals surface area contributed by atoms with Crippen LogP contribution in [0.25, 0.3) is 0 Å². The minimum absolute atomic E-state index is 0.00895. The van der Waals surface area contributed by atoms with Gasteiger partial charge in [0, 0.05) is 12.8 Å². The van der Waals surface area contributed by atoms with E-state index >= 15 is 0 Å². The molecule has 4 aliphatic rings. The van der Waals surface area contributed by atoms with Crippen molar-refractivity contribution >= 4 is 29.6 Å². The van der Waals surface area contributed by atoms with Crippen molar-refractivity contribution in [2.75, 3.05) is 13.1 Å². The summed E-state index contributed by atoms with van der Waals surface area (Å²) < 4.78 is 81.6. The van der Waals surface area contributed by atoms with Crippen LogP contribution in [0.2, 0.25) is 0 Å². The molecule has 13 nitrogen and oxygen atoms in total. The minimum Gasteiger partial charge on any atom is -0.370 e. The fourth-order valence-electron chi connectivity index (χ4n) is 5.72. The van der Waals surface area contributed by atoms with Crippen LogP contribution in [0.3, 0.4) is 0 Å². The zero-order valence-electron chi connectivity index (χ0n) is 20.7. The number of likely N-dealkylation sites (tertiary alicyclic amines) is 1. The van der Waals surface area contributed by atoms with Crippen LogP contribution in [-0.4, -0.2) is 92.0 Å². The molecule has 2 saturated heterocycles. The molecule has 4 atom stereocenters. The SMILES string of the molecule is NC1=N[C@H]2[C@H](CN3C(=O)CCC3=O)NC(N)=[N+]3CC(NC(=O)c4cc(C(F)(F)F)ccc4C(F)(F)F)C(O)(O)[C@]23N1. The highest BCUT2D eigenvalue weighted by molar-refractivity contribution is 6.02. The lowest BCUT2D eigenvalue weighted by molar-refractivity contribution is -0.623. The van der Waals surface area contributed by atoms with Gasteiger partial charge < -0.3 is 26.6 Å². The molecule has 0 bridgehead atoms. The Morgan fingerprint density at radius 1 is 1.12 bits per heavy atom. The summed E-state index contributed by atoms with van der Waals surface area (Å²) in [7, 11) is 0. The fourth-order valence-corrected chi connectivity index (χ4v) is 5.72. The Labute approximate surface area is 225 Å². The number of halogens is 6. The number of carbonyl (C=O) groups is 3. The van der Waals surface area contributed by atoms with E-state index in [0.717, 1.165) is 9.48 Å². The summed E-state index contributed by atoms with van der Waals surface area (Å²) in [5.41, 5.74) is 5.18. The Balaban J connectivity index is 1.50. The summed E-state index contributed by atoms with van der Waals surface area (Å²) in [6.45, 7) is -0.901. The Kier molecular flexibility index (Phi) is 6.19. The largest absolute Gasteiger partial charge is 0.417 e. The molecular weight excluding hydrogens is 570 g/mol. The van der Waals surface area contributed by atoms with Crippen molar-refractivity contribution < 1.29 is 55.5 Å². The molecule has 19 heteroatoms. The van der Waals surface area contributed by atoms with Gasteiger partial charge in [-0.2, -0.15) is 26.3 Å². The number of carbonyl (C=O) groups excluding carboxylic acids is 3. The lowest BCUT2D eigenvalue weighted by Crippen LogP contribution is -2.79. The molecule has 1 spiro atoms. The second-order valence-corrected chi connectivity index (χ2v) is 10.0. The van der Waals surface area contributed by atoms with Crippen LogP contribution in [-0.2, 0) is 21.9 Å². The zero-order chi connectivity index (χ0) is 30.3. The van der Waals surface area contributed by atoms with E-state index in [1.165, 1.54) is 0 Å². The van der Waals surface area contributed by atoms with Crippen LogP contribution in [0, 0.1) is 0 Å². The molecule has 4 heterocycles. The molecule has 1 aromatic rings. The van der Waals surface area contributed by atoms with Gasteiger partial charge in [0.05, 0.1) is 29.8 Å². The molecule has 2 fully saturated rings. The number of hydrogen-bond donors (Lipinski definition) is 7. The molecule has 1 unspecified atom stereocenters. The molecule has 1 aromatic carbocycles. The first-order chi connectivity index (χ1) is 18.9. The van der Waals surface area contributed by atoms with Crippen molar-refractivity contribution in [1.82, 2.24) is 20.9 Å². The standard InChI is InChI=1S/C22H22F6N8O5/c23-21(24,25)8-1-2-10(22(26,27)28)9(5-8)16(39)32-12-7-36-18(30)31-11(6-35-13(37)3-4-14(35)38)15-19(36,20(12,40)41)34-17(29)33-15/h1-2,5,11-12,15,40-41H,3-4,6-7H2,(H6,29,30,31,32,33,34,39)/p+1/t11-,12?,15-,19-/m0/s1. The first-order valence-electron chi connectivity index (χ1n) is 12.0. The van der Waals surface area contributed by atoms with E-state index in [4.69, 9.17) is 11.5 Å². The molecule has 4 aliphatic heterocycles. The van der Waals surface area contributed by atoms with Crippen LogP contribution >= 0.6 is 0 Å². The summed E-state index contributed by atoms with van der Waals surface area (Å²) in [6, 6.07) is -3.93. The Morgan fingerprint density at radius 2 is 1.76 bits per heavy atom. The lowest BCUT2D eigenvalue weighted by Gasteiger charge is -2.44. The fraction of sp³-hybridized carbons (Fsp3) is 0.500. The zero-order valence-corrected chi connectivity index (χ0v) is 20.7. The molecular formula is C22H23F6N8O5+. The Morgan fingerprint density at radius 3 is 2.34 bits per heavy atom. The van der Waals surface area contributed by atoms with E-state index < -0.39 is 82.9 Å². The van der Waals surface area contributed by atoms with Gasteiger partial charge in [0.15, 0.2) is 5.96 Å². The lowest BCUT2D eigenvalue weighted by atomic mass is 9.85. The number of aliphatic hydroxyl groups is 2. The van der Waals surface area contributed by atoms with Crippen molar-refractivity contribution in [1.29, 1.82) is 0 Å². The van der Waals surface area contributed by atoms with Crippen molar-refractivity contribution in [2.45, 2.75) is 54.8 Å². The molecule has 0 aromatic heterocycles. The number of alkyl halides is 6. The van der Waals surface area contributed by atoms with E-state index in [-0.39, 0.29) is 49.5 Å². The predicted molar refractivity (Wildman–Crippen MR) is 123 cm³/mol.